The molecule has 2 rings (SSSR count). The lowest BCUT2D eigenvalue weighted by Crippen LogP contribution is -2.13. The SMILES string of the molecule is O=C(Nc1ccc(F)cc1[N+](=O)[O-])c1cccc(I)c1. The molecule has 2 aromatic rings. The third kappa shape index (κ3) is 3.29. The zero-order valence-electron chi connectivity index (χ0n) is 9.97. The van der Waals surface area contributed by atoms with Crippen molar-refractivity contribution in [2.45, 2.75) is 0 Å². The molecule has 1 amide bonds. The second-order valence-electron chi connectivity index (χ2n) is 3.88. The number of amides is 1. The normalized spacial score (nSPS) is 10.1. The minimum Gasteiger partial charge on any atom is -0.316 e. The van der Waals surface area contributed by atoms with Crippen molar-refractivity contribution in [3.63, 3.8) is 0 Å². The Bertz CT molecular complexity index is 691. The van der Waals surface area contributed by atoms with Crippen molar-refractivity contribution in [3.05, 3.63) is 67.5 Å². The van der Waals surface area contributed by atoms with Crippen LogP contribution in [-0.2, 0) is 0 Å². The van der Waals surface area contributed by atoms with Crippen LogP contribution in [0.1, 0.15) is 10.4 Å². The molecule has 7 heteroatoms. The van der Waals surface area contributed by atoms with Gasteiger partial charge in [-0.05, 0) is 52.9 Å². The van der Waals surface area contributed by atoms with Gasteiger partial charge in [-0.15, -0.1) is 0 Å². The number of hydrogen-bond donors (Lipinski definition) is 1. The zero-order valence-corrected chi connectivity index (χ0v) is 12.1. The van der Waals surface area contributed by atoms with Crippen molar-refractivity contribution in [3.8, 4) is 0 Å². The average Bonchev–Trinajstić information content (AvgIpc) is 2.40. The molecule has 0 spiro atoms. The van der Waals surface area contributed by atoms with Crippen LogP contribution in [0.15, 0.2) is 42.5 Å². The van der Waals surface area contributed by atoms with E-state index in [1.54, 1.807) is 18.2 Å². The summed E-state index contributed by atoms with van der Waals surface area (Å²) in [7, 11) is 0. The van der Waals surface area contributed by atoms with Gasteiger partial charge < -0.3 is 5.32 Å². The van der Waals surface area contributed by atoms with E-state index in [0.717, 1.165) is 15.7 Å². The van der Waals surface area contributed by atoms with Crippen LogP contribution < -0.4 is 5.32 Å². The molecule has 0 unspecified atom stereocenters. The maximum absolute atomic E-state index is 13.0. The van der Waals surface area contributed by atoms with E-state index < -0.39 is 22.3 Å². The lowest BCUT2D eigenvalue weighted by molar-refractivity contribution is -0.384. The van der Waals surface area contributed by atoms with Crippen LogP contribution in [0.3, 0.4) is 0 Å². The summed E-state index contributed by atoms with van der Waals surface area (Å²) in [4.78, 5) is 22.1. The Labute approximate surface area is 127 Å². The first-order valence-corrected chi connectivity index (χ1v) is 6.56. The maximum atomic E-state index is 13.0. The van der Waals surface area contributed by atoms with E-state index in [1.807, 2.05) is 6.07 Å². The van der Waals surface area contributed by atoms with E-state index >= 15 is 0 Å². The van der Waals surface area contributed by atoms with Crippen molar-refractivity contribution in [2.75, 3.05) is 5.32 Å². The minimum atomic E-state index is -0.743. The molecule has 1 N–H and O–H groups in total. The van der Waals surface area contributed by atoms with E-state index in [0.29, 0.717) is 5.56 Å². The summed E-state index contributed by atoms with van der Waals surface area (Å²) >= 11 is 2.05. The van der Waals surface area contributed by atoms with Gasteiger partial charge in [-0.1, -0.05) is 6.07 Å². The molecule has 20 heavy (non-hydrogen) atoms. The second-order valence-corrected chi connectivity index (χ2v) is 5.13. The predicted octanol–water partition coefficient (Wildman–Crippen LogP) is 3.59. The van der Waals surface area contributed by atoms with Gasteiger partial charge in [-0.3, -0.25) is 14.9 Å². The van der Waals surface area contributed by atoms with Gasteiger partial charge in [0.15, 0.2) is 0 Å². The van der Waals surface area contributed by atoms with Gasteiger partial charge >= 0.3 is 0 Å². The highest BCUT2D eigenvalue weighted by Gasteiger charge is 2.17. The number of carbonyl (C=O) groups is 1. The maximum Gasteiger partial charge on any atom is 0.295 e. The highest BCUT2D eigenvalue weighted by molar-refractivity contribution is 14.1. The van der Waals surface area contributed by atoms with Gasteiger partial charge in [0.25, 0.3) is 11.6 Å². The summed E-state index contributed by atoms with van der Waals surface area (Å²) in [5.74, 6) is -1.22. The van der Waals surface area contributed by atoms with Crippen LogP contribution in [0.2, 0.25) is 0 Å². The standard InChI is InChI=1S/C13H8FIN2O3/c14-9-4-5-11(12(7-9)17(19)20)16-13(18)8-2-1-3-10(15)6-8/h1-7H,(H,16,18). The van der Waals surface area contributed by atoms with Crippen LogP contribution in [0.4, 0.5) is 15.8 Å². The molecule has 0 aliphatic heterocycles. The largest absolute Gasteiger partial charge is 0.316 e. The lowest BCUT2D eigenvalue weighted by Gasteiger charge is -2.06. The predicted molar refractivity (Wildman–Crippen MR) is 80.2 cm³/mol. The summed E-state index contributed by atoms with van der Waals surface area (Å²) in [5.41, 5.74) is -0.153. The topological polar surface area (TPSA) is 72.2 Å². The van der Waals surface area contributed by atoms with Crippen molar-refractivity contribution in [2.24, 2.45) is 0 Å². The van der Waals surface area contributed by atoms with Gasteiger partial charge in [-0.2, -0.15) is 0 Å². The molecule has 0 aliphatic carbocycles. The van der Waals surface area contributed by atoms with Crippen LogP contribution in [0.5, 0.6) is 0 Å². The number of nitrogens with zero attached hydrogens (tertiary/aromatic N) is 1. The number of anilines is 1. The number of carbonyl (C=O) groups excluding carboxylic acids is 1. The van der Waals surface area contributed by atoms with Crippen LogP contribution in [0.25, 0.3) is 0 Å². The Morgan fingerprint density at radius 1 is 1.25 bits per heavy atom. The minimum absolute atomic E-state index is 0.0414. The Hall–Kier alpha value is -2.03. The van der Waals surface area contributed by atoms with Gasteiger partial charge in [0.05, 0.1) is 11.0 Å². The quantitative estimate of drug-likeness (QED) is 0.498. The smallest absolute Gasteiger partial charge is 0.295 e. The number of nitro benzene ring substituents is 1. The van der Waals surface area contributed by atoms with Crippen molar-refractivity contribution in [1.29, 1.82) is 0 Å². The molecular formula is C13H8FIN2O3. The van der Waals surface area contributed by atoms with E-state index in [2.05, 4.69) is 27.9 Å². The second kappa shape index (κ2) is 5.95. The molecule has 2 aromatic carbocycles. The molecule has 0 radical (unpaired) electrons. The monoisotopic (exact) mass is 386 g/mol. The Morgan fingerprint density at radius 3 is 2.65 bits per heavy atom. The molecule has 0 fully saturated rings. The number of hydrogen-bond acceptors (Lipinski definition) is 3. The fourth-order valence-corrected chi connectivity index (χ4v) is 2.13. The molecule has 102 valence electrons. The van der Waals surface area contributed by atoms with E-state index in [1.165, 1.54) is 6.07 Å². The molecule has 0 atom stereocenters. The van der Waals surface area contributed by atoms with E-state index in [9.17, 15) is 19.3 Å². The molecule has 0 saturated carbocycles. The number of nitrogens with one attached hydrogen (secondary N) is 1. The van der Waals surface area contributed by atoms with Crippen LogP contribution in [-0.4, -0.2) is 10.8 Å². The summed E-state index contributed by atoms with van der Waals surface area (Å²) in [6.45, 7) is 0. The molecule has 0 heterocycles. The fraction of sp³-hybridized carbons (Fsp3) is 0. The third-order valence-electron chi connectivity index (χ3n) is 2.49. The number of benzene rings is 2. The first-order chi connectivity index (χ1) is 9.47. The summed E-state index contributed by atoms with van der Waals surface area (Å²) < 4.78 is 13.9. The molecule has 0 aliphatic rings. The summed E-state index contributed by atoms with van der Waals surface area (Å²) in [6, 6.07) is 9.74. The van der Waals surface area contributed by atoms with Crippen LogP contribution in [0, 0.1) is 19.5 Å². The van der Waals surface area contributed by atoms with E-state index in [-0.39, 0.29) is 5.69 Å². The summed E-state index contributed by atoms with van der Waals surface area (Å²) in [6.07, 6.45) is 0. The van der Waals surface area contributed by atoms with Crippen molar-refractivity contribution < 1.29 is 14.1 Å². The number of nitro groups is 1. The van der Waals surface area contributed by atoms with Crippen molar-refractivity contribution >= 4 is 39.9 Å². The average molecular weight is 386 g/mol. The molecule has 0 bridgehead atoms. The highest BCUT2D eigenvalue weighted by atomic mass is 127. The first kappa shape index (κ1) is 14.4. The van der Waals surface area contributed by atoms with E-state index in [4.69, 9.17) is 0 Å². The van der Waals surface area contributed by atoms with Crippen molar-refractivity contribution in [1.82, 2.24) is 0 Å². The lowest BCUT2D eigenvalue weighted by atomic mass is 10.2. The third-order valence-corrected chi connectivity index (χ3v) is 3.16. The summed E-state index contributed by atoms with van der Waals surface area (Å²) in [5, 5.41) is 13.2. The van der Waals surface area contributed by atoms with Gasteiger partial charge in [0.2, 0.25) is 0 Å². The van der Waals surface area contributed by atoms with Gasteiger partial charge in [0, 0.05) is 9.13 Å². The van der Waals surface area contributed by atoms with Gasteiger partial charge in [-0.25, -0.2) is 4.39 Å². The Morgan fingerprint density at radius 2 is 2.00 bits per heavy atom. The zero-order chi connectivity index (χ0) is 14.7. The molecular weight excluding hydrogens is 378 g/mol. The Kier molecular flexibility index (Phi) is 4.28. The fourth-order valence-electron chi connectivity index (χ4n) is 1.59. The number of halogens is 2. The molecule has 0 aromatic heterocycles. The molecule has 0 saturated heterocycles. The highest BCUT2D eigenvalue weighted by Crippen LogP contribution is 2.25. The Balaban J connectivity index is 2.30. The van der Waals surface area contributed by atoms with Gasteiger partial charge in [0.1, 0.15) is 11.5 Å². The number of rotatable bonds is 3. The first-order valence-electron chi connectivity index (χ1n) is 5.48. The van der Waals surface area contributed by atoms with Crippen LogP contribution >= 0.6 is 22.6 Å². The molecule has 5 nitrogen and oxygen atoms in total.